The van der Waals surface area contributed by atoms with Crippen LogP contribution < -0.4 is 11.5 Å². The molecule has 0 fully saturated rings. The minimum absolute atomic E-state index is 0.276. The zero-order valence-electron chi connectivity index (χ0n) is 12.9. The van der Waals surface area contributed by atoms with Crippen LogP contribution in [0.3, 0.4) is 0 Å². The van der Waals surface area contributed by atoms with Crippen molar-refractivity contribution >= 4 is 31.6 Å². The topological polar surface area (TPSA) is 201 Å². The molecule has 26 heavy (non-hydrogen) atoms. The molecule has 12 heteroatoms. The van der Waals surface area contributed by atoms with Gasteiger partial charge in [-0.1, -0.05) is 0 Å². The van der Waals surface area contributed by atoms with E-state index in [-0.39, 0.29) is 11.4 Å². The number of rotatable bonds is 2. The van der Waals surface area contributed by atoms with Crippen molar-refractivity contribution in [3.05, 3.63) is 46.5 Å². The molecule has 2 aromatic carbocycles. The predicted octanol–water partition coefficient (Wildman–Crippen LogP) is 0.530. The van der Waals surface area contributed by atoms with E-state index in [1.807, 2.05) is 0 Å². The molecule has 2 atom stereocenters. The van der Waals surface area contributed by atoms with E-state index in [4.69, 9.17) is 11.5 Å². The number of hydrogen-bond acceptors (Lipinski definition) is 8. The average molecular weight is 402 g/mol. The van der Waals surface area contributed by atoms with Gasteiger partial charge < -0.3 is 21.7 Å². The Hall–Kier alpha value is -2.54. The maximum absolute atomic E-state index is 12.0. The second kappa shape index (κ2) is 5.48. The lowest BCUT2D eigenvalue weighted by Crippen LogP contribution is -2.29. The molecule has 2 aromatic rings. The Labute approximate surface area is 148 Å². The number of phenolic OH excluding ortho intramolecular Hbond substituents is 2. The Morgan fingerprint density at radius 3 is 1.23 bits per heavy atom. The second-order valence-electron chi connectivity index (χ2n) is 5.79. The van der Waals surface area contributed by atoms with E-state index in [0.717, 1.165) is 24.3 Å². The molecule has 0 aromatic heterocycles. The summed E-state index contributed by atoms with van der Waals surface area (Å²) in [6.45, 7) is 0. The number of phenols is 2. The fourth-order valence-corrected chi connectivity index (χ4v) is 5.52. The van der Waals surface area contributed by atoms with E-state index in [1.165, 1.54) is 0 Å². The summed E-state index contributed by atoms with van der Waals surface area (Å²) in [6.07, 6.45) is 0. The summed E-state index contributed by atoms with van der Waals surface area (Å²) >= 11 is 0. The lowest BCUT2D eigenvalue weighted by Gasteiger charge is -2.33. The van der Waals surface area contributed by atoms with Crippen LogP contribution in [0, 0.1) is 0 Å². The zero-order chi connectivity index (χ0) is 19.6. The van der Waals surface area contributed by atoms with Crippen LogP contribution in [0.25, 0.3) is 0 Å². The Morgan fingerprint density at radius 1 is 0.654 bits per heavy atom. The molecule has 0 bridgehead atoms. The third-order valence-corrected chi connectivity index (χ3v) is 6.37. The summed E-state index contributed by atoms with van der Waals surface area (Å²) in [6, 6.07) is 4.22. The summed E-state index contributed by atoms with van der Waals surface area (Å²) in [4.78, 5) is 0. The van der Waals surface area contributed by atoms with Crippen molar-refractivity contribution in [1.82, 2.24) is 0 Å². The van der Waals surface area contributed by atoms with Gasteiger partial charge in [0.2, 0.25) is 0 Å². The third kappa shape index (κ3) is 2.54. The molecule has 1 aliphatic rings. The summed E-state index contributed by atoms with van der Waals surface area (Å²) in [7, 11) is -9.97. The molecule has 0 heterocycles. The van der Waals surface area contributed by atoms with E-state index in [0.29, 0.717) is 0 Å². The van der Waals surface area contributed by atoms with Gasteiger partial charge in [-0.2, -0.15) is 16.8 Å². The average Bonchev–Trinajstić information content (AvgIpc) is 2.50. The standard InChI is InChI=1S/C14H14N2O8S2/c15-5-1-3-7(17)11-9(5)13(25(19,20)21)12-8(18)4-2-6(16)10(12)14(11)26(22,23)24/h1-4,13-14,17-18H,15-16H2,(H,19,20,21)(H,22,23,24). The molecule has 0 saturated heterocycles. The molecule has 3 rings (SSSR count). The van der Waals surface area contributed by atoms with Crippen molar-refractivity contribution in [2.45, 2.75) is 10.5 Å². The highest BCUT2D eigenvalue weighted by Crippen LogP contribution is 2.55. The number of aromatic hydroxyl groups is 2. The second-order valence-corrected chi connectivity index (χ2v) is 8.80. The quantitative estimate of drug-likeness (QED) is 0.234. The summed E-state index contributed by atoms with van der Waals surface area (Å²) in [5, 5.41) is 16.3. The molecule has 2 unspecified atom stereocenters. The van der Waals surface area contributed by atoms with E-state index >= 15 is 0 Å². The lowest BCUT2D eigenvalue weighted by molar-refractivity contribution is 0.441. The predicted molar refractivity (Wildman–Crippen MR) is 91.8 cm³/mol. The first-order valence-electron chi connectivity index (χ1n) is 7.00. The maximum Gasteiger partial charge on any atom is 0.276 e. The maximum atomic E-state index is 12.0. The molecular formula is C14H14N2O8S2. The molecule has 0 spiro atoms. The van der Waals surface area contributed by atoms with Crippen LogP contribution in [-0.2, 0) is 20.2 Å². The van der Waals surface area contributed by atoms with Crippen molar-refractivity contribution in [2.24, 2.45) is 0 Å². The fraction of sp³-hybridized carbons (Fsp3) is 0.143. The van der Waals surface area contributed by atoms with Crippen molar-refractivity contribution in [2.75, 3.05) is 11.5 Å². The highest BCUT2D eigenvalue weighted by atomic mass is 32.2. The summed E-state index contributed by atoms with van der Waals surface area (Å²) in [5.74, 6) is -1.36. The molecule has 1 aliphatic carbocycles. The molecule has 0 amide bonds. The van der Waals surface area contributed by atoms with Crippen LogP contribution in [0.5, 0.6) is 11.5 Å². The van der Waals surface area contributed by atoms with Gasteiger partial charge in [0.1, 0.15) is 22.0 Å². The van der Waals surface area contributed by atoms with E-state index in [9.17, 15) is 36.2 Å². The van der Waals surface area contributed by atoms with Gasteiger partial charge in [0.15, 0.2) is 0 Å². The Bertz CT molecular complexity index is 993. The van der Waals surface area contributed by atoms with Crippen LogP contribution in [-0.4, -0.2) is 36.2 Å². The SMILES string of the molecule is Nc1ccc(O)c2c1C(S(=O)(=O)O)c1c(O)ccc(N)c1C2S(=O)(=O)O. The van der Waals surface area contributed by atoms with Crippen LogP contribution in [0.4, 0.5) is 11.4 Å². The van der Waals surface area contributed by atoms with Crippen LogP contribution in [0.15, 0.2) is 24.3 Å². The monoisotopic (exact) mass is 402 g/mol. The van der Waals surface area contributed by atoms with Gasteiger partial charge in [0.05, 0.1) is 0 Å². The number of benzene rings is 2. The number of nitrogens with two attached hydrogens (primary N) is 2. The molecule has 0 radical (unpaired) electrons. The fourth-order valence-electron chi connectivity index (χ4n) is 3.30. The number of fused-ring (bicyclic) bond motifs is 2. The molecule has 10 nitrogen and oxygen atoms in total. The van der Waals surface area contributed by atoms with Crippen molar-refractivity contribution in [1.29, 1.82) is 0 Å². The Morgan fingerprint density at radius 2 is 0.962 bits per heavy atom. The van der Waals surface area contributed by atoms with Gasteiger partial charge in [0, 0.05) is 33.6 Å². The van der Waals surface area contributed by atoms with Crippen LogP contribution >= 0.6 is 0 Å². The van der Waals surface area contributed by atoms with Crippen molar-refractivity contribution in [3.63, 3.8) is 0 Å². The van der Waals surface area contributed by atoms with E-state index in [1.54, 1.807) is 0 Å². The van der Waals surface area contributed by atoms with Gasteiger partial charge in [0.25, 0.3) is 20.2 Å². The van der Waals surface area contributed by atoms with Crippen molar-refractivity contribution in [3.8, 4) is 11.5 Å². The van der Waals surface area contributed by atoms with E-state index in [2.05, 4.69) is 0 Å². The molecule has 0 saturated carbocycles. The lowest BCUT2D eigenvalue weighted by atomic mass is 9.82. The first-order chi connectivity index (χ1) is 11.9. The molecule has 0 aliphatic heterocycles. The third-order valence-electron chi connectivity index (χ3n) is 4.24. The molecule has 8 N–H and O–H groups in total. The van der Waals surface area contributed by atoms with Gasteiger partial charge in [-0.05, 0) is 24.3 Å². The summed E-state index contributed by atoms with van der Waals surface area (Å²) in [5.41, 5.74) is 8.97. The van der Waals surface area contributed by atoms with Crippen LogP contribution in [0.2, 0.25) is 0 Å². The van der Waals surface area contributed by atoms with Gasteiger partial charge >= 0.3 is 0 Å². The first kappa shape index (κ1) is 18.3. The van der Waals surface area contributed by atoms with Crippen molar-refractivity contribution < 1.29 is 36.2 Å². The number of nitrogen functional groups attached to an aromatic ring is 2. The van der Waals surface area contributed by atoms with Crippen LogP contribution in [0.1, 0.15) is 32.8 Å². The first-order valence-corrected chi connectivity index (χ1v) is 10.0. The minimum atomic E-state index is -4.98. The number of anilines is 2. The zero-order valence-corrected chi connectivity index (χ0v) is 14.5. The molecule has 140 valence electrons. The van der Waals surface area contributed by atoms with Gasteiger partial charge in [-0.25, -0.2) is 0 Å². The Balaban J connectivity index is 2.64. The number of hydrogen-bond donors (Lipinski definition) is 6. The smallest absolute Gasteiger partial charge is 0.276 e. The summed E-state index contributed by atoms with van der Waals surface area (Å²) < 4.78 is 67.7. The Kier molecular flexibility index (Phi) is 3.85. The minimum Gasteiger partial charge on any atom is -0.508 e. The van der Waals surface area contributed by atoms with Gasteiger partial charge in [-0.3, -0.25) is 9.11 Å². The van der Waals surface area contributed by atoms with E-state index < -0.39 is 64.5 Å². The molecular weight excluding hydrogens is 388 g/mol. The normalized spacial score (nSPS) is 19.6. The van der Waals surface area contributed by atoms with Gasteiger partial charge in [-0.15, -0.1) is 0 Å². The highest BCUT2D eigenvalue weighted by molar-refractivity contribution is 7.87. The highest BCUT2D eigenvalue weighted by Gasteiger charge is 2.48. The largest absolute Gasteiger partial charge is 0.508 e.